The van der Waals surface area contributed by atoms with E-state index in [0.29, 0.717) is 5.78 Å². The minimum atomic E-state index is -1.11. The van der Waals surface area contributed by atoms with E-state index in [9.17, 15) is 4.79 Å². The average molecular weight is 178 g/mol. The molecule has 0 aliphatic carbocycles. The van der Waals surface area contributed by atoms with Gasteiger partial charge in [0.2, 0.25) is 5.82 Å². The van der Waals surface area contributed by atoms with Gasteiger partial charge in [-0.25, -0.2) is 9.78 Å². The maximum atomic E-state index is 10.6. The zero-order valence-electron chi connectivity index (χ0n) is 6.80. The molecule has 0 amide bonds. The van der Waals surface area contributed by atoms with E-state index in [1.165, 1.54) is 4.40 Å². The lowest BCUT2D eigenvalue weighted by atomic mass is 10.4. The van der Waals surface area contributed by atoms with Crippen LogP contribution >= 0.6 is 0 Å². The molecule has 0 radical (unpaired) electrons. The van der Waals surface area contributed by atoms with E-state index in [1.54, 1.807) is 12.4 Å². The Labute approximate surface area is 72.9 Å². The van der Waals surface area contributed by atoms with E-state index in [-0.39, 0.29) is 5.82 Å². The number of carbonyl (C=O) groups is 1. The van der Waals surface area contributed by atoms with E-state index in [1.807, 2.05) is 6.92 Å². The van der Waals surface area contributed by atoms with Gasteiger partial charge in [0.05, 0.1) is 0 Å². The van der Waals surface area contributed by atoms with E-state index in [0.717, 1.165) is 5.56 Å². The van der Waals surface area contributed by atoms with E-state index in [2.05, 4.69) is 15.2 Å². The molecule has 0 aliphatic rings. The Hall–Kier alpha value is -1.98. The Bertz CT molecular complexity index is 476. The molecular formula is C7H6N4O2. The lowest BCUT2D eigenvalue weighted by Gasteiger charge is -1.94. The fourth-order valence-corrected chi connectivity index (χ4v) is 1.03. The van der Waals surface area contributed by atoms with Gasteiger partial charge in [0.25, 0.3) is 5.78 Å². The number of nitrogens with zero attached hydrogens (tertiary/aromatic N) is 4. The van der Waals surface area contributed by atoms with Crippen LogP contribution < -0.4 is 0 Å². The fraction of sp³-hybridized carbons (Fsp3) is 0.143. The summed E-state index contributed by atoms with van der Waals surface area (Å²) in [5.74, 6) is -0.936. The van der Waals surface area contributed by atoms with Crippen molar-refractivity contribution in [2.24, 2.45) is 0 Å². The number of rotatable bonds is 1. The number of hydrogen-bond donors (Lipinski definition) is 1. The summed E-state index contributed by atoms with van der Waals surface area (Å²) in [5.41, 5.74) is 0.856. The van der Waals surface area contributed by atoms with Crippen LogP contribution in [0.5, 0.6) is 0 Å². The van der Waals surface area contributed by atoms with Gasteiger partial charge in [0, 0.05) is 12.4 Å². The molecule has 0 fully saturated rings. The molecule has 0 aromatic carbocycles. The first kappa shape index (κ1) is 7.66. The van der Waals surface area contributed by atoms with Crippen molar-refractivity contribution >= 4 is 11.7 Å². The second-order valence-electron chi connectivity index (χ2n) is 2.63. The second kappa shape index (κ2) is 2.51. The fourth-order valence-electron chi connectivity index (χ4n) is 1.03. The Kier molecular flexibility index (Phi) is 1.48. The topological polar surface area (TPSA) is 80.4 Å². The molecule has 0 saturated heterocycles. The quantitative estimate of drug-likeness (QED) is 0.671. The van der Waals surface area contributed by atoms with Gasteiger partial charge in [0.1, 0.15) is 0 Å². The Morgan fingerprint density at radius 3 is 3.00 bits per heavy atom. The van der Waals surface area contributed by atoms with Crippen LogP contribution in [-0.4, -0.2) is 30.7 Å². The molecule has 6 nitrogen and oxygen atoms in total. The molecule has 13 heavy (non-hydrogen) atoms. The molecule has 2 heterocycles. The minimum absolute atomic E-state index is 0.119. The molecule has 0 unspecified atom stereocenters. The molecule has 0 atom stereocenters. The summed E-state index contributed by atoms with van der Waals surface area (Å²) >= 11 is 0. The van der Waals surface area contributed by atoms with Gasteiger partial charge in [-0.15, -0.1) is 10.2 Å². The predicted molar refractivity (Wildman–Crippen MR) is 42.5 cm³/mol. The van der Waals surface area contributed by atoms with Crippen LogP contribution in [0.15, 0.2) is 12.4 Å². The van der Waals surface area contributed by atoms with Crippen molar-refractivity contribution in [2.75, 3.05) is 0 Å². The molecule has 2 rings (SSSR count). The van der Waals surface area contributed by atoms with Gasteiger partial charge in [-0.1, -0.05) is 0 Å². The summed E-state index contributed by atoms with van der Waals surface area (Å²) in [4.78, 5) is 14.5. The number of fused-ring (bicyclic) bond motifs is 1. The van der Waals surface area contributed by atoms with Crippen molar-refractivity contribution in [1.29, 1.82) is 0 Å². The van der Waals surface area contributed by atoms with Crippen LogP contribution in [0.1, 0.15) is 16.2 Å². The first-order valence-electron chi connectivity index (χ1n) is 3.59. The smallest absolute Gasteiger partial charge is 0.374 e. The van der Waals surface area contributed by atoms with Gasteiger partial charge in [-0.2, -0.15) is 0 Å². The third-order valence-corrected chi connectivity index (χ3v) is 1.59. The molecule has 0 bridgehead atoms. The third kappa shape index (κ3) is 1.12. The zero-order valence-corrected chi connectivity index (χ0v) is 6.80. The predicted octanol–water partition coefficient (Wildman–Crippen LogP) is 0.131. The molecule has 2 aromatic heterocycles. The van der Waals surface area contributed by atoms with E-state index >= 15 is 0 Å². The summed E-state index contributed by atoms with van der Waals surface area (Å²) in [5, 5.41) is 15.8. The molecule has 0 spiro atoms. The van der Waals surface area contributed by atoms with Crippen molar-refractivity contribution in [3.63, 3.8) is 0 Å². The number of carboxylic acids is 1. The van der Waals surface area contributed by atoms with Gasteiger partial charge in [-0.05, 0) is 12.5 Å². The van der Waals surface area contributed by atoms with Crippen LogP contribution in [0.25, 0.3) is 5.78 Å². The molecule has 2 aromatic rings. The van der Waals surface area contributed by atoms with Gasteiger partial charge < -0.3 is 5.11 Å². The van der Waals surface area contributed by atoms with Gasteiger partial charge >= 0.3 is 5.97 Å². The lowest BCUT2D eigenvalue weighted by Crippen LogP contribution is -2.04. The number of carboxylic acid groups (broad SMARTS) is 1. The third-order valence-electron chi connectivity index (χ3n) is 1.59. The SMILES string of the molecule is Cc1cnc2nnc(C(=O)O)n2c1. The number of aromatic nitrogens is 4. The lowest BCUT2D eigenvalue weighted by molar-refractivity contribution is 0.0682. The van der Waals surface area contributed by atoms with Crippen LogP contribution in [0.3, 0.4) is 0 Å². The maximum Gasteiger partial charge on any atom is 0.374 e. The van der Waals surface area contributed by atoms with Crippen LogP contribution in [-0.2, 0) is 0 Å². The summed E-state index contributed by atoms with van der Waals surface area (Å²) in [6.07, 6.45) is 3.24. The van der Waals surface area contributed by atoms with Crippen molar-refractivity contribution in [3.8, 4) is 0 Å². The van der Waals surface area contributed by atoms with E-state index < -0.39 is 5.97 Å². The van der Waals surface area contributed by atoms with Crippen molar-refractivity contribution in [1.82, 2.24) is 19.6 Å². The monoisotopic (exact) mass is 178 g/mol. The molecular weight excluding hydrogens is 172 g/mol. The largest absolute Gasteiger partial charge is 0.475 e. The number of aromatic carboxylic acids is 1. The van der Waals surface area contributed by atoms with Crippen molar-refractivity contribution in [2.45, 2.75) is 6.92 Å². The normalized spacial score (nSPS) is 10.5. The highest BCUT2D eigenvalue weighted by Gasteiger charge is 2.12. The standard InChI is InChI=1S/C7H6N4O2/c1-4-2-8-7-10-9-5(6(12)13)11(7)3-4/h2-3H,1H3,(H,12,13). The Morgan fingerprint density at radius 2 is 2.31 bits per heavy atom. The molecule has 66 valence electrons. The van der Waals surface area contributed by atoms with Gasteiger partial charge in [-0.3, -0.25) is 4.40 Å². The van der Waals surface area contributed by atoms with Crippen molar-refractivity contribution < 1.29 is 9.90 Å². The van der Waals surface area contributed by atoms with Crippen LogP contribution in [0.2, 0.25) is 0 Å². The molecule has 1 N–H and O–H groups in total. The second-order valence-corrected chi connectivity index (χ2v) is 2.63. The highest BCUT2D eigenvalue weighted by molar-refractivity contribution is 5.84. The zero-order chi connectivity index (χ0) is 9.42. The summed E-state index contributed by atoms with van der Waals surface area (Å²) < 4.78 is 1.34. The maximum absolute atomic E-state index is 10.6. The number of aryl methyl sites for hydroxylation is 1. The van der Waals surface area contributed by atoms with Gasteiger partial charge in [0.15, 0.2) is 0 Å². The van der Waals surface area contributed by atoms with Crippen LogP contribution in [0, 0.1) is 6.92 Å². The first-order chi connectivity index (χ1) is 6.18. The molecule has 0 aliphatic heterocycles. The summed E-state index contributed by atoms with van der Waals surface area (Å²) in [7, 11) is 0. The van der Waals surface area contributed by atoms with Crippen molar-refractivity contribution in [3.05, 3.63) is 23.8 Å². The summed E-state index contributed by atoms with van der Waals surface area (Å²) in [6, 6.07) is 0. The minimum Gasteiger partial charge on any atom is -0.475 e. The first-order valence-corrected chi connectivity index (χ1v) is 3.59. The Balaban J connectivity index is 2.79. The molecule has 6 heteroatoms. The van der Waals surface area contributed by atoms with Crippen LogP contribution in [0.4, 0.5) is 0 Å². The summed E-state index contributed by atoms with van der Waals surface area (Å²) in [6.45, 7) is 1.82. The number of hydrogen-bond acceptors (Lipinski definition) is 4. The van der Waals surface area contributed by atoms with E-state index in [4.69, 9.17) is 5.11 Å². The molecule has 0 saturated carbocycles. The highest BCUT2D eigenvalue weighted by atomic mass is 16.4. The Morgan fingerprint density at radius 1 is 1.54 bits per heavy atom. The highest BCUT2D eigenvalue weighted by Crippen LogP contribution is 2.02. The average Bonchev–Trinajstić information content (AvgIpc) is 2.46.